The predicted octanol–water partition coefficient (Wildman–Crippen LogP) is 4.73. The lowest BCUT2D eigenvalue weighted by atomic mass is 9.78. The van der Waals surface area contributed by atoms with Gasteiger partial charge in [0.05, 0.1) is 25.3 Å². The molecule has 0 bridgehead atoms. The number of fused-ring (bicyclic) bond motifs is 4. The van der Waals surface area contributed by atoms with E-state index in [2.05, 4.69) is 62.9 Å². The fourth-order valence-corrected chi connectivity index (χ4v) is 4.69. The number of aromatic nitrogens is 4. The Labute approximate surface area is 185 Å². The summed E-state index contributed by atoms with van der Waals surface area (Å²) in [7, 11) is 1.69. The summed E-state index contributed by atoms with van der Waals surface area (Å²) < 4.78 is 11.7. The third kappa shape index (κ3) is 2.85. The molecule has 0 aliphatic carbocycles. The van der Waals surface area contributed by atoms with Crippen LogP contribution in [0.2, 0.25) is 0 Å². The molecule has 0 saturated heterocycles. The Kier molecular flexibility index (Phi) is 4.21. The topological polar surface area (TPSA) is 85.0 Å². The number of benzene rings is 3. The molecule has 0 spiro atoms. The zero-order valence-electron chi connectivity index (χ0n) is 17.5. The minimum atomic E-state index is 0.0577. The molecule has 2 N–H and O–H groups in total. The maximum Gasteiger partial charge on any atom is 0.204 e. The second-order valence-corrected chi connectivity index (χ2v) is 8.01. The Morgan fingerprint density at radius 3 is 2.72 bits per heavy atom. The number of hydrogen-bond acceptors (Lipinski definition) is 6. The lowest BCUT2D eigenvalue weighted by Crippen LogP contribution is -2.35. The number of aromatic amines is 1. The summed E-state index contributed by atoms with van der Waals surface area (Å²) >= 11 is 0. The number of nitrogens with zero attached hydrogens (tertiary/aromatic N) is 3. The summed E-state index contributed by atoms with van der Waals surface area (Å²) in [6.45, 7) is 5.05. The van der Waals surface area contributed by atoms with Crippen LogP contribution >= 0.6 is 0 Å². The molecule has 6 rings (SSSR count). The molecule has 3 aromatic carbocycles. The summed E-state index contributed by atoms with van der Waals surface area (Å²) in [5, 5.41) is 18.1. The maximum atomic E-state index is 6.09. The average molecular weight is 423 g/mol. The Balaban J connectivity index is 1.39. The van der Waals surface area contributed by atoms with Gasteiger partial charge in [0.2, 0.25) is 5.82 Å². The van der Waals surface area contributed by atoms with Crippen LogP contribution < -0.4 is 14.8 Å². The van der Waals surface area contributed by atoms with Crippen LogP contribution in [0.5, 0.6) is 11.5 Å². The average Bonchev–Trinajstić information content (AvgIpc) is 3.39. The molecule has 3 heterocycles. The molecule has 2 atom stereocenters. The minimum Gasteiger partial charge on any atom is -0.496 e. The van der Waals surface area contributed by atoms with E-state index in [1.807, 2.05) is 30.3 Å². The summed E-state index contributed by atoms with van der Waals surface area (Å²) in [6, 6.07) is 20.5. The number of hydrogen-bond donors (Lipinski definition) is 2. The van der Waals surface area contributed by atoms with E-state index < -0.39 is 0 Å². The van der Waals surface area contributed by atoms with Crippen LogP contribution in [-0.4, -0.2) is 34.3 Å². The van der Waals surface area contributed by atoms with Crippen molar-refractivity contribution in [1.29, 1.82) is 0 Å². The Hall–Kier alpha value is -4.13. The van der Waals surface area contributed by atoms with Gasteiger partial charge in [-0.2, -0.15) is 5.21 Å². The van der Waals surface area contributed by atoms with Gasteiger partial charge in [0.15, 0.2) is 0 Å². The fourth-order valence-electron chi connectivity index (χ4n) is 4.69. The molecule has 2 aliphatic rings. The highest BCUT2D eigenvalue weighted by atomic mass is 16.5. The fraction of sp³-hybridized carbons (Fsp3) is 0.160. The van der Waals surface area contributed by atoms with Crippen molar-refractivity contribution < 1.29 is 9.47 Å². The van der Waals surface area contributed by atoms with Gasteiger partial charge in [0.25, 0.3) is 0 Å². The first-order valence-corrected chi connectivity index (χ1v) is 10.5. The van der Waals surface area contributed by atoms with Crippen LogP contribution in [0.4, 0.5) is 5.69 Å². The van der Waals surface area contributed by atoms with E-state index in [9.17, 15) is 0 Å². The summed E-state index contributed by atoms with van der Waals surface area (Å²) in [4.78, 5) is 0. The van der Waals surface area contributed by atoms with Gasteiger partial charge >= 0.3 is 0 Å². The van der Waals surface area contributed by atoms with E-state index in [-0.39, 0.29) is 12.0 Å². The number of H-pyrrole nitrogens is 1. The second-order valence-electron chi connectivity index (χ2n) is 8.01. The summed E-state index contributed by atoms with van der Waals surface area (Å²) in [5.41, 5.74) is 7.38. The molecule has 2 aliphatic heterocycles. The number of methoxy groups -OCH3 is 1. The third-order valence-corrected chi connectivity index (χ3v) is 6.30. The second kappa shape index (κ2) is 7.23. The molecule has 32 heavy (non-hydrogen) atoms. The number of tetrazole rings is 1. The monoisotopic (exact) mass is 423 g/mol. The zero-order valence-corrected chi connectivity index (χ0v) is 17.5. The Bertz CT molecular complexity index is 1320. The highest BCUT2D eigenvalue weighted by Gasteiger charge is 2.39. The lowest BCUT2D eigenvalue weighted by Gasteiger charge is -2.41. The van der Waals surface area contributed by atoms with E-state index in [4.69, 9.17) is 9.47 Å². The maximum absolute atomic E-state index is 6.09. The summed E-state index contributed by atoms with van der Waals surface area (Å²) in [6.07, 6.45) is 0. The molecule has 0 amide bonds. The van der Waals surface area contributed by atoms with Crippen LogP contribution in [-0.2, 0) is 0 Å². The largest absolute Gasteiger partial charge is 0.496 e. The standard InChI is InChI=1S/C25H21N5O2/c1-14-18-12-16(15-5-3-6-17(11-15)25-27-29-30-28-25)9-10-20(18)26-24-19(14)13-32-22-8-4-7-21(31-2)23(22)24/h3-12,19,24,26H,1,13H2,2H3,(H,27,28,29,30)/t19-,24+/m1/s1. The van der Waals surface area contributed by atoms with Crippen molar-refractivity contribution in [3.8, 4) is 34.0 Å². The SMILES string of the molecule is C=C1c2cc(-c3cccc(-c4nn[nH]n4)c3)ccc2N[C@@H]2c3c(OC)cccc3OC[C@H]12. The molecule has 0 radical (unpaired) electrons. The molecular formula is C25H21N5O2. The third-order valence-electron chi connectivity index (χ3n) is 6.30. The van der Waals surface area contributed by atoms with Crippen LogP contribution in [0.25, 0.3) is 28.1 Å². The quantitative estimate of drug-likeness (QED) is 0.496. The molecule has 7 heteroatoms. The van der Waals surface area contributed by atoms with Gasteiger partial charge in [0, 0.05) is 22.7 Å². The van der Waals surface area contributed by atoms with Gasteiger partial charge in [-0.15, -0.1) is 10.2 Å². The molecular weight excluding hydrogens is 402 g/mol. The first-order chi connectivity index (χ1) is 15.7. The Morgan fingerprint density at radius 1 is 1.03 bits per heavy atom. The molecule has 158 valence electrons. The van der Waals surface area contributed by atoms with Crippen molar-refractivity contribution in [3.63, 3.8) is 0 Å². The van der Waals surface area contributed by atoms with Crippen molar-refractivity contribution >= 4 is 11.3 Å². The number of anilines is 1. The van der Waals surface area contributed by atoms with E-state index in [0.717, 1.165) is 50.6 Å². The van der Waals surface area contributed by atoms with E-state index in [0.29, 0.717) is 12.4 Å². The first-order valence-electron chi connectivity index (χ1n) is 10.5. The van der Waals surface area contributed by atoms with Gasteiger partial charge in [-0.25, -0.2) is 0 Å². The molecule has 4 aromatic rings. The predicted molar refractivity (Wildman–Crippen MR) is 122 cm³/mol. The molecule has 0 unspecified atom stereocenters. The molecule has 7 nitrogen and oxygen atoms in total. The summed E-state index contributed by atoms with van der Waals surface area (Å²) in [5.74, 6) is 2.39. The number of ether oxygens (including phenoxy) is 2. The number of rotatable bonds is 3. The zero-order chi connectivity index (χ0) is 21.7. The van der Waals surface area contributed by atoms with Gasteiger partial charge < -0.3 is 14.8 Å². The van der Waals surface area contributed by atoms with E-state index in [1.165, 1.54) is 0 Å². The molecule has 1 aromatic heterocycles. The first kappa shape index (κ1) is 18.6. The van der Waals surface area contributed by atoms with Crippen molar-refractivity contribution in [2.45, 2.75) is 6.04 Å². The van der Waals surface area contributed by atoms with Crippen molar-refractivity contribution in [1.82, 2.24) is 20.6 Å². The number of nitrogens with one attached hydrogen (secondary N) is 2. The smallest absolute Gasteiger partial charge is 0.204 e. The van der Waals surface area contributed by atoms with Gasteiger partial charge in [-0.3, -0.25) is 0 Å². The van der Waals surface area contributed by atoms with Crippen LogP contribution in [0.3, 0.4) is 0 Å². The van der Waals surface area contributed by atoms with E-state index in [1.54, 1.807) is 7.11 Å². The van der Waals surface area contributed by atoms with Crippen molar-refractivity contribution in [2.75, 3.05) is 19.0 Å². The lowest BCUT2D eigenvalue weighted by molar-refractivity contribution is 0.230. The van der Waals surface area contributed by atoms with Crippen molar-refractivity contribution in [3.05, 3.63) is 78.4 Å². The van der Waals surface area contributed by atoms with Gasteiger partial charge in [-0.05, 0) is 52.2 Å². The van der Waals surface area contributed by atoms with E-state index >= 15 is 0 Å². The molecule has 0 fully saturated rings. The van der Waals surface area contributed by atoms with Crippen molar-refractivity contribution in [2.24, 2.45) is 5.92 Å². The van der Waals surface area contributed by atoms with Crippen LogP contribution in [0, 0.1) is 5.92 Å². The Morgan fingerprint density at radius 2 is 1.88 bits per heavy atom. The minimum absolute atomic E-state index is 0.0577. The normalized spacial score (nSPS) is 18.6. The van der Waals surface area contributed by atoms with Gasteiger partial charge in [0.1, 0.15) is 11.5 Å². The van der Waals surface area contributed by atoms with Crippen LogP contribution in [0.15, 0.2) is 67.2 Å². The molecule has 0 saturated carbocycles. The highest BCUT2D eigenvalue weighted by molar-refractivity contribution is 5.85. The highest BCUT2D eigenvalue weighted by Crippen LogP contribution is 2.51. The van der Waals surface area contributed by atoms with Crippen LogP contribution in [0.1, 0.15) is 17.2 Å². The van der Waals surface area contributed by atoms with Gasteiger partial charge in [-0.1, -0.05) is 36.9 Å².